The second-order valence-corrected chi connectivity index (χ2v) is 6.63. The molecule has 0 aliphatic carbocycles. The molecule has 0 radical (unpaired) electrons. The number of fused-ring (bicyclic) bond motifs is 1. The quantitative estimate of drug-likeness (QED) is 0.373. The van der Waals surface area contributed by atoms with Crippen LogP contribution in [0.2, 0.25) is 0 Å². The molecule has 7 nitrogen and oxygen atoms in total. The zero-order valence-electron chi connectivity index (χ0n) is 16.7. The summed E-state index contributed by atoms with van der Waals surface area (Å²) in [5.74, 6) is 2.40. The minimum absolute atomic E-state index is 0.216. The lowest BCUT2D eigenvalue weighted by Crippen LogP contribution is -2.33. The number of carbonyl (C=O) groups excluding carboxylic acids is 1. The zero-order valence-corrected chi connectivity index (χ0v) is 16.7. The fraction of sp³-hybridized carbons (Fsp3) is 0.364. The molecular formula is C22H26N2O5. The first-order valence-corrected chi connectivity index (χ1v) is 9.78. The average molecular weight is 398 g/mol. The number of benzene rings is 2. The lowest BCUT2D eigenvalue weighted by molar-refractivity contribution is -0.127. The van der Waals surface area contributed by atoms with E-state index >= 15 is 0 Å². The molecule has 7 heteroatoms. The molecule has 1 atom stereocenters. The van der Waals surface area contributed by atoms with Gasteiger partial charge in [-0.2, -0.15) is 5.10 Å². The van der Waals surface area contributed by atoms with Crippen LogP contribution in [0.5, 0.6) is 23.0 Å². The number of nitrogens with one attached hydrogen (secondary N) is 1. The van der Waals surface area contributed by atoms with Crippen molar-refractivity contribution in [3.05, 3.63) is 48.0 Å². The van der Waals surface area contributed by atoms with E-state index in [1.165, 1.54) is 6.21 Å². The third kappa shape index (κ3) is 6.14. The fourth-order valence-corrected chi connectivity index (χ4v) is 2.67. The summed E-state index contributed by atoms with van der Waals surface area (Å²) >= 11 is 0. The number of carbonyl (C=O) groups is 1. The topological polar surface area (TPSA) is 78.4 Å². The molecule has 0 bridgehead atoms. The molecule has 1 heterocycles. The fourth-order valence-electron chi connectivity index (χ4n) is 2.67. The molecule has 0 saturated heterocycles. The van der Waals surface area contributed by atoms with Crippen LogP contribution in [-0.2, 0) is 4.79 Å². The van der Waals surface area contributed by atoms with E-state index < -0.39 is 6.10 Å². The predicted molar refractivity (Wildman–Crippen MR) is 110 cm³/mol. The van der Waals surface area contributed by atoms with Gasteiger partial charge in [-0.25, -0.2) is 5.43 Å². The van der Waals surface area contributed by atoms with Crippen LogP contribution in [-0.4, -0.2) is 31.6 Å². The number of hydrazone groups is 1. The van der Waals surface area contributed by atoms with Gasteiger partial charge in [0.25, 0.3) is 5.91 Å². The molecule has 29 heavy (non-hydrogen) atoms. The number of hydrogen-bond donors (Lipinski definition) is 1. The first-order valence-electron chi connectivity index (χ1n) is 9.78. The highest BCUT2D eigenvalue weighted by Gasteiger charge is 2.15. The smallest absolute Gasteiger partial charge is 0.280 e. The van der Waals surface area contributed by atoms with Gasteiger partial charge in [0.1, 0.15) is 11.5 Å². The lowest BCUT2D eigenvalue weighted by atomic mass is 10.2. The molecule has 1 N–H and O–H groups in total. The van der Waals surface area contributed by atoms with Crippen molar-refractivity contribution in [2.75, 3.05) is 13.4 Å². The summed E-state index contributed by atoms with van der Waals surface area (Å²) in [5.41, 5.74) is 3.27. The van der Waals surface area contributed by atoms with Crippen molar-refractivity contribution in [2.45, 2.75) is 39.2 Å². The Labute approximate surface area is 170 Å². The van der Waals surface area contributed by atoms with E-state index in [4.69, 9.17) is 18.9 Å². The first kappa shape index (κ1) is 20.5. The van der Waals surface area contributed by atoms with E-state index in [0.29, 0.717) is 23.9 Å². The highest BCUT2D eigenvalue weighted by molar-refractivity contribution is 5.85. The first-order chi connectivity index (χ1) is 14.2. The van der Waals surface area contributed by atoms with E-state index in [9.17, 15) is 4.79 Å². The Kier molecular flexibility index (Phi) is 7.33. The number of amides is 1. The van der Waals surface area contributed by atoms with Crippen molar-refractivity contribution in [1.29, 1.82) is 0 Å². The summed E-state index contributed by atoms with van der Waals surface area (Å²) in [6.07, 6.45) is 4.21. The van der Waals surface area contributed by atoms with Crippen LogP contribution < -0.4 is 24.4 Å². The van der Waals surface area contributed by atoms with Gasteiger partial charge in [0, 0.05) is 0 Å². The summed E-state index contributed by atoms with van der Waals surface area (Å²) in [6.45, 7) is 4.74. The van der Waals surface area contributed by atoms with E-state index in [1.807, 2.05) is 18.2 Å². The Bertz CT molecular complexity index is 836. The summed E-state index contributed by atoms with van der Waals surface area (Å²) in [6, 6.07) is 12.7. The summed E-state index contributed by atoms with van der Waals surface area (Å²) in [4.78, 5) is 12.2. The van der Waals surface area contributed by atoms with Crippen LogP contribution in [0.4, 0.5) is 0 Å². The molecule has 0 aromatic heterocycles. The van der Waals surface area contributed by atoms with Crippen LogP contribution in [0.3, 0.4) is 0 Å². The zero-order chi connectivity index (χ0) is 20.5. The Morgan fingerprint density at radius 1 is 1.14 bits per heavy atom. The SMILES string of the molecule is CCCCCOc1ccc(O[C@H](C)C(=O)N/N=C/c2ccc3c(c2)OCO3)cc1. The maximum atomic E-state index is 12.2. The highest BCUT2D eigenvalue weighted by Crippen LogP contribution is 2.31. The van der Waals surface area contributed by atoms with Crippen molar-refractivity contribution in [3.63, 3.8) is 0 Å². The Balaban J connectivity index is 1.44. The highest BCUT2D eigenvalue weighted by atomic mass is 16.7. The Hall–Kier alpha value is -3.22. The molecule has 2 aromatic carbocycles. The van der Waals surface area contributed by atoms with E-state index in [-0.39, 0.29) is 12.7 Å². The van der Waals surface area contributed by atoms with Gasteiger partial charge in [0.15, 0.2) is 17.6 Å². The van der Waals surface area contributed by atoms with Crippen molar-refractivity contribution in [2.24, 2.45) is 5.10 Å². The molecule has 0 spiro atoms. The molecule has 0 saturated carbocycles. The lowest BCUT2D eigenvalue weighted by Gasteiger charge is -2.13. The number of rotatable bonds is 10. The molecule has 0 fully saturated rings. The minimum atomic E-state index is -0.694. The van der Waals surface area contributed by atoms with Gasteiger partial charge < -0.3 is 18.9 Å². The van der Waals surface area contributed by atoms with Crippen molar-refractivity contribution in [1.82, 2.24) is 5.43 Å². The van der Waals surface area contributed by atoms with Crippen LogP contribution in [0.1, 0.15) is 38.7 Å². The second kappa shape index (κ2) is 10.4. The van der Waals surface area contributed by atoms with Crippen LogP contribution in [0.15, 0.2) is 47.6 Å². The minimum Gasteiger partial charge on any atom is -0.494 e. The van der Waals surface area contributed by atoms with Gasteiger partial charge in [0.05, 0.1) is 12.8 Å². The van der Waals surface area contributed by atoms with Gasteiger partial charge in [-0.1, -0.05) is 19.8 Å². The number of hydrogen-bond acceptors (Lipinski definition) is 6. The Morgan fingerprint density at radius 2 is 1.90 bits per heavy atom. The van der Waals surface area contributed by atoms with Crippen molar-refractivity contribution in [3.8, 4) is 23.0 Å². The average Bonchev–Trinajstić information content (AvgIpc) is 3.20. The standard InChI is InChI=1S/C22H26N2O5/c1-3-4-5-12-26-18-7-9-19(10-8-18)29-16(2)22(25)24-23-14-17-6-11-20-21(13-17)28-15-27-20/h6-11,13-14,16H,3-5,12,15H2,1-2H3,(H,24,25)/b23-14+/t16-/m1/s1. The predicted octanol–water partition coefficient (Wildman–Crippen LogP) is 3.90. The Morgan fingerprint density at radius 3 is 2.69 bits per heavy atom. The number of ether oxygens (including phenoxy) is 4. The maximum Gasteiger partial charge on any atom is 0.280 e. The normalized spacial score (nSPS) is 13.3. The van der Waals surface area contributed by atoms with Crippen LogP contribution in [0, 0.1) is 0 Å². The summed E-state index contributed by atoms with van der Waals surface area (Å²) in [7, 11) is 0. The van der Waals surface area contributed by atoms with Crippen molar-refractivity contribution < 1.29 is 23.7 Å². The molecule has 1 aliphatic heterocycles. The summed E-state index contributed by atoms with van der Waals surface area (Å²) < 4.78 is 21.9. The maximum absolute atomic E-state index is 12.2. The van der Waals surface area contributed by atoms with Crippen LogP contribution >= 0.6 is 0 Å². The van der Waals surface area contributed by atoms with E-state index in [0.717, 1.165) is 30.6 Å². The van der Waals surface area contributed by atoms with Gasteiger partial charge in [-0.3, -0.25) is 4.79 Å². The molecule has 2 aromatic rings. The van der Waals surface area contributed by atoms with E-state index in [1.54, 1.807) is 31.2 Å². The van der Waals surface area contributed by atoms with Gasteiger partial charge in [-0.15, -0.1) is 0 Å². The number of unbranched alkanes of at least 4 members (excludes halogenated alkanes) is 2. The van der Waals surface area contributed by atoms with Crippen LogP contribution in [0.25, 0.3) is 0 Å². The molecule has 0 unspecified atom stereocenters. The third-order valence-corrected chi connectivity index (χ3v) is 4.31. The van der Waals surface area contributed by atoms with Gasteiger partial charge >= 0.3 is 0 Å². The van der Waals surface area contributed by atoms with Gasteiger partial charge in [0.2, 0.25) is 6.79 Å². The van der Waals surface area contributed by atoms with Gasteiger partial charge in [-0.05, 0) is 61.4 Å². The largest absolute Gasteiger partial charge is 0.494 e. The second-order valence-electron chi connectivity index (χ2n) is 6.63. The van der Waals surface area contributed by atoms with E-state index in [2.05, 4.69) is 17.5 Å². The molecular weight excluding hydrogens is 372 g/mol. The molecule has 3 rings (SSSR count). The van der Waals surface area contributed by atoms with Crippen molar-refractivity contribution >= 4 is 12.1 Å². The monoisotopic (exact) mass is 398 g/mol. The molecule has 1 amide bonds. The molecule has 154 valence electrons. The summed E-state index contributed by atoms with van der Waals surface area (Å²) in [5, 5.41) is 3.97. The molecule has 1 aliphatic rings. The third-order valence-electron chi connectivity index (χ3n) is 4.31. The number of nitrogens with zero attached hydrogens (tertiary/aromatic N) is 1.